The number of hydrogen-bond donors (Lipinski definition) is 1. The molecule has 1 aliphatic rings. The van der Waals surface area contributed by atoms with Gasteiger partial charge in [0.1, 0.15) is 6.10 Å². The molecule has 0 aromatic heterocycles. The van der Waals surface area contributed by atoms with Crippen molar-refractivity contribution in [3.8, 4) is 0 Å². The zero-order valence-corrected chi connectivity index (χ0v) is 13.5. The second-order valence-corrected chi connectivity index (χ2v) is 6.05. The van der Waals surface area contributed by atoms with Crippen LogP contribution in [0, 0.1) is 5.92 Å². The molecule has 0 radical (unpaired) electrons. The summed E-state index contributed by atoms with van der Waals surface area (Å²) in [6.07, 6.45) is 2.28. The summed E-state index contributed by atoms with van der Waals surface area (Å²) < 4.78 is 5.51. The van der Waals surface area contributed by atoms with Gasteiger partial charge in [0, 0.05) is 30.8 Å². The lowest BCUT2D eigenvalue weighted by molar-refractivity contribution is 0.110. The van der Waals surface area contributed by atoms with Gasteiger partial charge in [0.05, 0.1) is 6.54 Å². The first-order valence-electron chi connectivity index (χ1n) is 7.44. The molecule has 1 saturated heterocycles. The number of rotatable bonds is 4. The van der Waals surface area contributed by atoms with E-state index in [9.17, 15) is 0 Å². The van der Waals surface area contributed by atoms with Gasteiger partial charge in [-0.15, -0.1) is 0 Å². The van der Waals surface area contributed by atoms with Crippen LogP contribution in [-0.4, -0.2) is 37.6 Å². The van der Waals surface area contributed by atoms with E-state index >= 15 is 0 Å². The maximum absolute atomic E-state index is 6.21. The second-order valence-electron chi connectivity index (χ2n) is 5.64. The van der Waals surface area contributed by atoms with Crippen LogP contribution >= 0.6 is 11.6 Å². The minimum absolute atomic E-state index is 0.167. The third-order valence-corrected chi connectivity index (χ3v) is 4.28. The third kappa shape index (κ3) is 4.35. The highest BCUT2D eigenvalue weighted by atomic mass is 35.5. The quantitative estimate of drug-likeness (QED) is 0.687. The summed E-state index contributed by atoms with van der Waals surface area (Å²) in [5.74, 6) is 1.28. The molecule has 1 heterocycles. The minimum atomic E-state index is -0.167. The highest BCUT2D eigenvalue weighted by Crippen LogP contribution is 2.25. The number of guanidine groups is 1. The Morgan fingerprint density at radius 2 is 2.29 bits per heavy atom. The Hall–Kier alpha value is -1.26. The Kier molecular flexibility index (Phi) is 5.88. The Morgan fingerprint density at radius 3 is 2.95 bits per heavy atom. The molecule has 4 nitrogen and oxygen atoms in total. The minimum Gasteiger partial charge on any atom is -0.375 e. The van der Waals surface area contributed by atoms with Crippen LogP contribution in [0.3, 0.4) is 0 Å². The highest BCUT2D eigenvalue weighted by Gasteiger charge is 2.19. The average Bonchev–Trinajstić information content (AvgIpc) is 2.49. The van der Waals surface area contributed by atoms with Crippen LogP contribution in [0.25, 0.3) is 0 Å². The fourth-order valence-electron chi connectivity index (χ4n) is 2.71. The van der Waals surface area contributed by atoms with Crippen LogP contribution in [0.5, 0.6) is 0 Å². The molecule has 2 unspecified atom stereocenters. The molecule has 0 saturated carbocycles. The molecular formula is C16H24ClN3O. The van der Waals surface area contributed by atoms with Crippen molar-refractivity contribution in [2.45, 2.75) is 25.9 Å². The normalized spacial score (nSPS) is 21.4. The summed E-state index contributed by atoms with van der Waals surface area (Å²) in [4.78, 5) is 6.67. The lowest BCUT2D eigenvalue weighted by atomic mass is 10.0. The van der Waals surface area contributed by atoms with Gasteiger partial charge in [-0.25, -0.2) is 0 Å². The van der Waals surface area contributed by atoms with E-state index in [1.54, 1.807) is 7.11 Å². The molecule has 1 aromatic carbocycles. The van der Waals surface area contributed by atoms with Gasteiger partial charge in [0.15, 0.2) is 5.96 Å². The number of piperidine rings is 1. The molecule has 1 fully saturated rings. The van der Waals surface area contributed by atoms with Crippen molar-refractivity contribution in [1.29, 1.82) is 0 Å². The molecule has 1 aliphatic heterocycles. The number of nitrogens with zero attached hydrogens (tertiary/aromatic N) is 2. The predicted octanol–water partition coefficient (Wildman–Crippen LogP) is 3.07. The number of likely N-dealkylation sites (tertiary alicyclic amines) is 1. The summed E-state index contributed by atoms with van der Waals surface area (Å²) in [5.41, 5.74) is 7.07. The Balaban J connectivity index is 2.02. The van der Waals surface area contributed by atoms with E-state index in [0.717, 1.165) is 18.7 Å². The average molecular weight is 310 g/mol. The molecule has 1 aromatic rings. The molecule has 0 aliphatic carbocycles. The van der Waals surface area contributed by atoms with Gasteiger partial charge in [-0.3, -0.25) is 4.99 Å². The van der Waals surface area contributed by atoms with E-state index in [1.165, 1.54) is 12.8 Å². The Labute approximate surface area is 131 Å². The number of hydrogen-bond acceptors (Lipinski definition) is 2. The SMILES string of the molecule is COC(CN=C(N)N1CCCC(C)C1)c1ccccc1Cl. The van der Waals surface area contributed by atoms with Crippen LogP contribution < -0.4 is 5.73 Å². The van der Waals surface area contributed by atoms with Crippen molar-refractivity contribution in [2.75, 3.05) is 26.7 Å². The van der Waals surface area contributed by atoms with Crippen molar-refractivity contribution >= 4 is 17.6 Å². The van der Waals surface area contributed by atoms with Gasteiger partial charge in [-0.1, -0.05) is 36.7 Å². The van der Waals surface area contributed by atoms with Gasteiger partial charge in [0.2, 0.25) is 0 Å². The van der Waals surface area contributed by atoms with Crippen LogP contribution in [0.15, 0.2) is 29.3 Å². The van der Waals surface area contributed by atoms with Gasteiger partial charge in [-0.2, -0.15) is 0 Å². The molecule has 0 bridgehead atoms. The predicted molar refractivity (Wildman–Crippen MR) is 87.7 cm³/mol. The molecule has 2 N–H and O–H groups in total. The zero-order valence-electron chi connectivity index (χ0n) is 12.8. The number of nitrogens with two attached hydrogens (primary N) is 1. The first kappa shape index (κ1) is 16.1. The Bertz CT molecular complexity index is 492. The molecule has 21 heavy (non-hydrogen) atoms. The van der Waals surface area contributed by atoms with Crippen molar-refractivity contribution < 1.29 is 4.74 Å². The van der Waals surface area contributed by atoms with E-state index in [0.29, 0.717) is 23.4 Å². The number of aliphatic imine (C=N–C) groups is 1. The summed E-state index contributed by atoms with van der Waals surface area (Å²) in [6.45, 7) is 4.71. The number of ether oxygens (including phenoxy) is 1. The van der Waals surface area contributed by atoms with E-state index < -0.39 is 0 Å². The molecule has 2 rings (SSSR count). The van der Waals surface area contributed by atoms with Crippen LogP contribution in [0.1, 0.15) is 31.4 Å². The molecule has 0 spiro atoms. The fraction of sp³-hybridized carbons (Fsp3) is 0.562. The summed E-state index contributed by atoms with van der Waals surface area (Å²) >= 11 is 6.21. The summed E-state index contributed by atoms with van der Waals surface area (Å²) in [6, 6.07) is 7.69. The van der Waals surface area contributed by atoms with Crippen molar-refractivity contribution in [2.24, 2.45) is 16.6 Å². The largest absolute Gasteiger partial charge is 0.375 e. The van der Waals surface area contributed by atoms with Crippen molar-refractivity contribution in [3.63, 3.8) is 0 Å². The summed E-state index contributed by atoms with van der Waals surface area (Å²) in [5, 5.41) is 0.699. The maximum atomic E-state index is 6.21. The number of halogens is 1. The third-order valence-electron chi connectivity index (χ3n) is 3.94. The molecular weight excluding hydrogens is 286 g/mol. The van der Waals surface area contributed by atoms with Crippen LogP contribution in [0.2, 0.25) is 5.02 Å². The van der Waals surface area contributed by atoms with Gasteiger partial charge in [-0.05, 0) is 24.8 Å². The Morgan fingerprint density at radius 1 is 1.52 bits per heavy atom. The molecule has 5 heteroatoms. The van der Waals surface area contributed by atoms with Crippen LogP contribution in [0.4, 0.5) is 0 Å². The first-order chi connectivity index (χ1) is 10.1. The van der Waals surface area contributed by atoms with E-state index in [1.807, 2.05) is 24.3 Å². The standard InChI is InChI=1S/C16H24ClN3O/c1-12-6-5-9-20(11-12)16(18)19-10-15(21-2)13-7-3-4-8-14(13)17/h3-4,7-8,12,15H,5-6,9-11H2,1-2H3,(H2,18,19). The maximum Gasteiger partial charge on any atom is 0.191 e. The smallest absolute Gasteiger partial charge is 0.191 e. The lowest BCUT2D eigenvalue weighted by Gasteiger charge is -2.31. The monoisotopic (exact) mass is 309 g/mol. The summed E-state index contributed by atoms with van der Waals surface area (Å²) in [7, 11) is 1.67. The first-order valence-corrected chi connectivity index (χ1v) is 7.81. The molecule has 0 amide bonds. The highest BCUT2D eigenvalue weighted by molar-refractivity contribution is 6.31. The van der Waals surface area contributed by atoms with Gasteiger partial charge >= 0.3 is 0 Å². The second kappa shape index (κ2) is 7.66. The van der Waals surface area contributed by atoms with Crippen LogP contribution in [-0.2, 0) is 4.74 Å². The van der Waals surface area contributed by atoms with E-state index in [4.69, 9.17) is 22.1 Å². The van der Waals surface area contributed by atoms with Crippen molar-refractivity contribution in [1.82, 2.24) is 4.90 Å². The van der Waals surface area contributed by atoms with Gasteiger partial charge in [0.25, 0.3) is 0 Å². The molecule has 116 valence electrons. The van der Waals surface area contributed by atoms with Gasteiger partial charge < -0.3 is 15.4 Å². The number of benzene rings is 1. The van der Waals surface area contributed by atoms with Crippen molar-refractivity contribution in [3.05, 3.63) is 34.9 Å². The lowest BCUT2D eigenvalue weighted by Crippen LogP contribution is -2.43. The number of methoxy groups -OCH3 is 1. The molecule has 2 atom stereocenters. The zero-order chi connectivity index (χ0) is 15.2. The topological polar surface area (TPSA) is 50.9 Å². The van der Waals surface area contributed by atoms with E-state index in [2.05, 4.69) is 16.8 Å². The fourth-order valence-corrected chi connectivity index (χ4v) is 2.97. The van der Waals surface area contributed by atoms with E-state index in [-0.39, 0.29) is 6.10 Å².